The van der Waals surface area contributed by atoms with Crippen LogP contribution in [0.3, 0.4) is 0 Å². The summed E-state index contributed by atoms with van der Waals surface area (Å²) >= 11 is 0. The molecule has 7 heteroatoms. The Kier molecular flexibility index (Phi) is 4.29. The molecule has 0 amide bonds. The van der Waals surface area contributed by atoms with Crippen LogP contribution in [-0.4, -0.2) is 36.4 Å². The third kappa shape index (κ3) is 3.35. The minimum atomic E-state index is -0.877. The SMILES string of the molecule is CCCOC(=O)[C@H]1NCCC1O[N+](=O)[O-]. The summed E-state index contributed by atoms with van der Waals surface area (Å²) in [6, 6.07) is -0.720. The summed E-state index contributed by atoms with van der Waals surface area (Å²) < 4.78 is 4.88. The highest BCUT2D eigenvalue weighted by Crippen LogP contribution is 2.13. The van der Waals surface area contributed by atoms with E-state index in [1.54, 1.807) is 0 Å². The molecule has 15 heavy (non-hydrogen) atoms. The smallest absolute Gasteiger partial charge is 0.325 e. The summed E-state index contributed by atoms with van der Waals surface area (Å²) in [6.07, 6.45) is 0.427. The molecule has 2 atom stereocenters. The van der Waals surface area contributed by atoms with Crippen LogP contribution in [0.25, 0.3) is 0 Å². The van der Waals surface area contributed by atoms with Crippen LogP contribution in [0, 0.1) is 10.1 Å². The van der Waals surface area contributed by atoms with Gasteiger partial charge in [0.15, 0.2) is 0 Å². The summed E-state index contributed by atoms with van der Waals surface area (Å²) in [6.45, 7) is 2.72. The predicted octanol–water partition coefficient (Wildman–Crippen LogP) is -0.122. The molecule has 1 heterocycles. The van der Waals surface area contributed by atoms with Crippen LogP contribution < -0.4 is 5.32 Å². The zero-order valence-corrected chi connectivity index (χ0v) is 8.47. The summed E-state index contributed by atoms with van der Waals surface area (Å²) in [5, 5.41) is 12.1. The van der Waals surface area contributed by atoms with E-state index in [9.17, 15) is 14.9 Å². The van der Waals surface area contributed by atoms with Gasteiger partial charge in [-0.25, -0.2) is 0 Å². The van der Waals surface area contributed by atoms with Gasteiger partial charge < -0.3 is 14.9 Å². The van der Waals surface area contributed by atoms with Crippen LogP contribution in [0.2, 0.25) is 0 Å². The van der Waals surface area contributed by atoms with Crippen molar-refractivity contribution in [1.82, 2.24) is 5.32 Å². The van der Waals surface area contributed by atoms with Gasteiger partial charge in [0.2, 0.25) is 0 Å². The number of rotatable bonds is 5. The molecule has 1 saturated heterocycles. The molecule has 0 spiro atoms. The number of carbonyl (C=O) groups is 1. The number of carbonyl (C=O) groups excluding carboxylic acids is 1. The second-order valence-electron chi connectivity index (χ2n) is 3.26. The Bertz CT molecular complexity index is 245. The molecule has 1 N–H and O–H groups in total. The molecular weight excluding hydrogens is 204 g/mol. The van der Waals surface area contributed by atoms with Crippen LogP contribution in [0.1, 0.15) is 19.8 Å². The van der Waals surface area contributed by atoms with E-state index in [2.05, 4.69) is 10.2 Å². The fourth-order valence-corrected chi connectivity index (χ4v) is 1.43. The third-order valence-corrected chi connectivity index (χ3v) is 2.09. The first-order valence-electron chi connectivity index (χ1n) is 4.86. The molecule has 1 fully saturated rings. The van der Waals surface area contributed by atoms with Crippen LogP contribution in [-0.2, 0) is 14.4 Å². The first-order chi connectivity index (χ1) is 7.15. The number of esters is 1. The van der Waals surface area contributed by atoms with E-state index in [0.29, 0.717) is 19.6 Å². The van der Waals surface area contributed by atoms with Gasteiger partial charge in [-0.15, -0.1) is 10.1 Å². The highest BCUT2D eigenvalue weighted by Gasteiger charge is 2.36. The van der Waals surface area contributed by atoms with E-state index in [1.165, 1.54) is 0 Å². The molecule has 0 aromatic rings. The lowest BCUT2D eigenvalue weighted by molar-refractivity contribution is -0.768. The normalized spacial score (nSPS) is 24.9. The van der Waals surface area contributed by atoms with Gasteiger partial charge in [0, 0.05) is 0 Å². The molecule has 86 valence electrons. The molecule has 0 saturated carbocycles. The maximum absolute atomic E-state index is 11.4. The van der Waals surface area contributed by atoms with Crippen molar-refractivity contribution in [2.45, 2.75) is 31.9 Å². The van der Waals surface area contributed by atoms with E-state index in [0.717, 1.165) is 6.42 Å². The third-order valence-electron chi connectivity index (χ3n) is 2.09. The minimum Gasteiger partial charge on any atom is -0.464 e. The quantitative estimate of drug-likeness (QED) is 0.393. The van der Waals surface area contributed by atoms with E-state index in [1.807, 2.05) is 6.92 Å². The average Bonchev–Trinajstić information content (AvgIpc) is 2.61. The molecule has 1 aliphatic rings. The van der Waals surface area contributed by atoms with Crippen molar-refractivity contribution in [3.63, 3.8) is 0 Å². The highest BCUT2D eigenvalue weighted by molar-refractivity contribution is 5.77. The number of hydrogen-bond acceptors (Lipinski definition) is 6. The predicted molar refractivity (Wildman–Crippen MR) is 49.5 cm³/mol. The minimum absolute atomic E-state index is 0.322. The topological polar surface area (TPSA) is 90.7 Å². The number of nitrogens with one attached hydrogen (secondary N) is 1. The maximum atomic E-state index is 11.4. The van der Waals surface area contributed by atoms with E-state index in [4.69, 9.17) is 4.74 Å². The van der Waals surface area contributed by atoms with Gasteiger partial charge in [-0.2, -0.15) is 0 Å². The lowest BCUT2D eigenvalue weighted by atomic mass is 10.2. The van der Waals surface area contributed by atoms with Gasteiger partial charge in [0.1, 0.15) is 12.1 Å². The molecule has 1 rings (SSSR count). The molecule has 7 nitrogen and oxygen atoms in total. The number of nitrogens with zero attached hydrogens (tertiary/aromatic N) is 1. The van der Waals surface area contributed by atoms with Crippen LogP contribution in [0.4, 0.5) is 0 Å². The Balaban J connectivity index is 2.44. The molecule has 0 aromatic carbocycles. The van der Waals surface area contributed by atoms with Crippen LogP contribution in [0.15, 0.2) is 0 Å². The van der Waals surface area contributed by atoms with Crippen molar-refractivity contribution in [3.8, 4) is 0 Å². The van der Waals surface area contributed by atoms with Crippen molar-refractivity contribution in [1.29, 1.82) is 0 Å². The zero-order chi connectivity index (χ0) is 11.3. The maximum Gasteiger partial charge on any atom is 0.325 e. The highest BCUT2D eigenvalue weighted by atomic mass is 17.0. The fraction of sp³-hybridized carbons (Fsp3) is 0.875. The largest absolute Gasteiger partial charge is 0.464 e. The van der Waals surface area contributed by atoms with Gasteiger partial charge in [-0.1, -0.05) is 6.92 Å². The van der Waals surface area contributed by atoms with Crippen molar-refractivity contribution in [2.75, 3.05) is 13.2 Å². The van der Waals surface area contributed by atoms with Crippen LogP contribution in [0.5, 0.6) is 0 Å². The Morgan fingerprint density at radius 2 is 2.40 bits per heavy atom. The summed E-state index contributed by atoms with van der Waals surface area (Å²) in [7, 11) is 0. The summed E-state index contributed by atoms with van der Waals surface area (Å²) in [5.74, 6) is -0.485. The first kappa shape index (κ1) is 11.7. The molecule has 0 aliphatic carbocycles. The lowest BCUT2D eigenvalue weighted by Gasteiger charge is -2.15. The molecular formula is C8H14N2O5. The Morgan fingerprint density at radius 3 is 3.00 bits per heavy atom. The van der Waals surface area contributed by atoms with Crippen molar-refractivity contribution in [2.24, 2.45) is 0 Å². The van der Waals surface area contributed by atoms with Crippen molar-refractivity contribution in [3.05, 3.63) is 10.1 Å². The number of ether oxygens (including phenoxy) is 1. The Labute approximate surface area is 86.8 Å². The van der Waals surface area contributed by atoms with E-state index >= 15 is 0 Å². The fourth-order valence-electron chi connectivity index (χ4n) is 1.43. The lowest BCUT2D eigenvalue weighted by Crippen LogP contribution is -2.41. The summed E-state index contributed by atoms with van der Waals surface area (Å²) in [4.78, 5) is 25.9. The van der Waals surface area contributed by atoms with Crippen molar-refractivity contribution < 1.29 is 19.5 Å². The standard InChI is InChI=1S/C8H14N2O5/c1-2-5-14-8(11)7-6(3-4-9-7)15-10(12)13/h6-7,9H,2-5H2,1H3/t6?,7-/m0/s1. The second-order valence-corrected chi connectivity index (χ2v) is 3.26. The molecule has 1 aliphatic heterocycles. The van der Waals surface area contributed by atoms with Crippen LogP contribution >= 0.6 is 0 Å². The number of hydrogen-bond donors (Lipinski definition) is 1. The second kappa shape index (κ2) is 5.50. The molecule has 0 radical (unpaired) electrons. The molecule has 1 unspecified atom stereocenters. The van der Waals surface area contributed by atoms with E-state index < -0.39 is 23.2 Å². The van der Waals surface area contributed by atoms with Gasteiger partial charge in [0.05, 0.1) is 6.61 Å². The molecule has 0 bridgehead atoms. The monoisotopic (exact) mass is 218 g/mol. The average molecular weight is 218 g/mol. The van der Waals surface area contributed by atoms with Crippen molar-refractivity contribution >= 4 is 5.97 Å². The first-order valence-corrected chi connectivity index (χ1v) is 4.86. The van der Waals surface area contributed by atoms with Gasteiger partial charge >= 0.3 is 5.97 Å². The zero-order valence-electron chi connectivity index (χ0n) is 8.47. The van der Waals surface area contributed by atoms with Gasteiger partial charge in [-0.05, 0) is 19.4 Å². The Morgan fingerprint density at radius 1 is 1.67 bits per heavy atom. The molecule has 0 aromatic heterocycles. The summed E-state index contributed by atoms with van der Waals surface area (Å²) in [5.41, 5.74) is 0. The Hall–Kier alpha value is -1.37. The van der Waals surface area contributed by atoms with Gasteiger partial charge in [0.25, 0.3) is 5.09 Å². The van der Waals surface area contributed by atoms with E-state index in [-0.39, 0.29) is 0 Å². The van der Waals surface area contributed by atoms with Gasteiger partial charge in [-0.3, -0.25) is 4.79 Å².